The zero-order valence-electron chi connectivity index (χ0n) is 14.3. The highest BCUT2D eigenvalue weighted by Gasteiger charge is 2.19. The van der Waals surface area contributed by atoms with Gasteiger partial charge in [-0.25, -0.2) is 9.59 Å². The fraction of sp³-hybridized carbons (Fsp3) is 0.471. The third kappa shape index (κ3) is 4.24. The molecule has 1 N–H and O–H groups in total. The van der Waals surface area contributed by atoms with Crippen LogP contribution >= 0.6 is 0 Å². The van der Waals surface area contributed by atoms with E-state index in [4.69, 9.17) is 9.47 Å². The number of esters is 2. The highest BCUT2D eigenvalue weighted by molar-refractivity contribution is 5.93. The number of imidazole rings is 1. The lowest BCUT2D eigenvalue weighted by molar-refractivity contribution is -0.143. The molecule has 0 atom stereocenters. The van der Waals surface area contributed by atoms with Crippen molar-refractivity contribution in [1.29, 1.82) is 0 Å². The maximum Gasteiger partial charge on any atom is 0.338 e. The van der Waals surface area contributed by atoms with Gasteiger partial charge in [-0.3, -0.25) is 9.36 Å². The molecule has 0 saturated carbocycles. The molecule has 24 heavy (non-hydrogen) atoms. The lowest BCUT2D eigenvalue weighted by Crippen LogP contribution is -2.24. The Bertz CT molecular complexity index is 810. The van der Waals surface area contributed by atoms with Gasteiger partial charge in [0, 0.05) is 6.54 Å². The monoisotopic (exact) mass is 334 g/mol. The van der Waals surface area contributed by atoms with Crippen LogP contribution in [0.5, 0.6) is 0 Å². The molecule has 1 aromatic heterocycles. The van der Waals surface area contributed by atoms with Crippen molar-refractivity contribution in [3.8, 4) is 0 Å². The van der Waals surface area contributed by atoms with Crippen molar-refractivity contribution in [3.05, 3.63) is 34.2 Å². The molecule has 0 bridgehead atoms. The zero-order chi connectivity index (χ0) is 17.9. The van der Waals surface area contributed by atoms with Gasteiger partial charge < -0.3 is 14.5 Å². The fourth-order valence-electron chi connectivity index (χ4n) is 2.27. The summed E-state index contributed by atoms with van der Waals surface area (Å²) in [5.74, 6) is -0.836. The summed E-state index contributed by atoms with van der Waals surface area (Å²) in [6.07, 6.45) is 0.0807. The summed E-state index contributed by atoms with van der Waals surface area (Å²) in [4.78, 5) is 38.4. The Morgan fingerprint density at radius 2 is 1.96 bits per heavy atom. The van der Waals surface area contributed by atoms with E-state index in [1.54, 1.807) is 45.9 Å². The van der Waals surface area contributed by atoms with E-state index in [9.17, 15) is 14.4 Å². The second kappa shape index (κ2) is 6.90. The van der Waals surface area contributed by atoms with Gasteiger partial charge in [-0.2, -0.15) is 0 Å². The lowest BCUT2D eigenvalue weighted by atomic mass is 10.1. The molecule has 0 aliphatic carbocycles. The Hall–Kier alpha value is -2.57. The Morgan fingerprint density at radius 3 is 2.58 bits per heavy atom. The van der Waals surface area contributed by atoms with Gasteiger partial charge >= 0.3 is 17.6 Å². The van der Waals surface area contributed by atoms with Crippen LogP contribution in [-0.2, 0) is 20.8 Å². The Kier molecular flexibility index (Phi) is 5.11. The second-order valence-electron chi connectivity index (χ2n) is 6.37. The second-order valence-corrected chi connectivity index (χ2v) is 6.37. The molecule has 0 amide bonds. The van der Waals surface area contributed by atoms with Gasteiger partial charge in [-0.05, 0) is 45.9 Å². The molecule has 0 unspecified atom stereocenters. The molecule has 0 aliphatic rings. The molecule has 0 radical (unpaired) electrons. The number of nitrogens with one attached hydrogen (secondary N) is 1. The fourth-order valence-corrected chi connectivity index (χ4v) is 2.27. The molecule has 7 heteroatoms. The minimum absolute atomic E-state index is 0.0807. The quantitative estimate of drug-likeness (QED) is 0.847. The van der Waals surface area contributed by atoms with Crippen molar-refractivity contribution in [2.24, 2.45) is 0 Å². The number of hydrogen-bond acceptors (Lipinski definition) is 5. The van der Waals surface area contributed by atoms with Crippen molar-refractivity contribution in [2.45, 2.75) is 46.3 Å². The summed E-state index contributed by atoms with van der Waals surface area (Å²) >= 11 is 0. The number of aryl methyl sites for hydroxylation is 1. The van der Waals surface area contributed by atoms with Crippen LogP contribution < -0.4 is 5.69 Å². The summed E-state index contributed by atoms with van der Waals surface area (Å²) in [5, 5.41) is 0. The van der Waals surface area contributed by atoms with E-state index in [1.807, 2.05) is 0 Å². The van der Waals surface area contributed by atoms with Crippen LogP contribution in [0.1, 0.15) is 44.5 Å². The Labute approximate surface area is 139 Å². The van der Waals surface area contributed by atoms with Crippen molar-refractivity contribution in [3.63, 3.8) is 0 Å². The van der Waals surface area contributed by atoms with Crippen LogP contribution in [-0.4, -0.2) is 33.7 Å². The van der Waals surface area contributed by atoms with Gasteiger partial charge in [0.15, 0.2) is 0 Å². The van der Waals surface area contributed by atoms with Crippen molar-refractivity contribution < 1.29 is 19.1 Å². The number of rotatable bonds is 5. The van der Waals surface area contributed by atoms with Gasteiger partial charge in [0.2, 0.25) is 0 Å². The van der Waals surface area contributed by atoms with Crippen LogP contribution in [0.25, 0.3) is 11.0 Å². The molecular weight excluding hydrogens is 312 g/mol. The van der Waals surface area contributed by atoms with Gasteiger partial charge in [0.25, 0.3) is 0 Å². The third-order valence-corrected chi connectivity index (χ3v) is 3.25. The normalized spacial score (nSPS) is 11.5. The van der Waals surface area contributed by atoms with Crippen molar-refractivity contribution in [2.75, 3.05) is 6.61 Å². The first-order valence-electron chi connectivity index (χ1n) is 7.83. The van der Waals surface area contributed by atoms with Gasteiger partial charge in [-0.15, -0.1) is 0 Å². The lowest BCUT2D eigenvalue weighted by Gasteiger charge is -2.19. The summed E-state index contributed by atoms with van der Waals surface area (Å²) in [6, 6.07) is 4.84. The molecule has 0 spiro atoms. The number of aromatic nitrogens is 2. The number of benzene rings is 1. The first-order chi connectivity index (χ1) is 11.2. The van der Waals surface area contributed by atoms with Crippen molar-refractivity contribution >= 4 is 23.0 Å². The van der Waals surface area contributed by atoms with Crippen LogP contribution in [0, 0.1) is 0 Å². The highest BCUT2D eigenvalue weighted by atomic mass is 16.6. The topological polar surface area (TPSA) is 90.4 Å². The Balaban J connectivity index is 2.30. The van der Waals surface area contributed by atoms with Gasteiger partial charge in [0.1, 0.15) is 5.60 Å². The predicted molar refractivity (Wildman–Crippen MR) is 89.0 cm³/mol. The SMILES string of the molecule is CCOC(=O)CCn1c(=O)[nH]c2ccc(C(=O)OC(C)(C)C)cc21. The maximum atomic E-state index is 12.2. The average molecular weight is 334 g/mol. The molecule has 1 heterocycles. The molecule has 0 saturated heterocycles. The number of aromatic amines is 1. The van der Waals surface area contributed by atoms with E-state index in [1.165, 1.54) is 4.57 Å². The number of H-pyrrole nitrogens is 1. The Morgan fingerprint density at radius 1 is 1.25 bits per heavy atom. The number of ether oxygens (including phenoxy) is 2. The summed E-state index contributed by atoms with van der Waals surface area (Å²) in [7, 11) is 0. The van der Waals surface area contributed by atoms with Crippen molar-refractivity contribution in [1.82, 2.24) is 9.55 Å². The number of carbonyl (C=O) groups is 2. The van der Waals surface area contributed by atoms with E-state index < -0.39 is 11.6 Å². The summed E-state index contributed by atoms with van der Waals surface area (Å²) in [5.41, 5.74) is 0.550. The van der Waals surface area contributed by atoms with Crippen LogP contribution in [0.4, 0.5) is 0 Å². The smallest absolute Gasteiger partial charge is 0.338 e. The largest absolute Gasteiger partial charge is 0.466 e. The molecule has 7 nitrogen and oxygen atoms in total. The van der Waals surface area contributed by atoms with E-state index in [0.717, 1.165) is 0 Å². The van der Waals surface area contributed by atoms with Crippen LogP contribution in [0.3, 0.4) is 0 Å². The molecule has 0 fully saturated rings. The van der Waals surface area contributed by atoms with Crippen LogP contribution in [0.2, 0.25) is 0 Å². The van der Waals surface area contributed by atoms with E-state index in [2.05, 4.69) is 4.98 Å². The maximum absolute atomic E-state index is 12.2. The number of carbonyl (C=O) groups excluding carboxylic acids is 2. The van der Waals surface area contributed by atoms with E-state index in [-0.39, 0.29) is 24.6 Å². The first kappa shape index (κ1) is 17.8. The van der Waals surface area contributed by atoms with Gasteiger partial charge in [-0.1, -0.05) is 0 Å². The highest BCUT2D eigenvalue weighted by Crippen LogP contribution is 2.17. The molecule has 0 aliphatic heterocycles. The average Bonchev–Trinajstić information content (AvgIpc) is 2.78. The molecule has 2 rings (SSSR count). The standard InChI is InChI=1S/C17H22N2O5/c1-5-23-14(20)8-9-19-13-10-11(15(21)24-17(2,3)4)6-7-12(13)18-16(19)22/h6-7,10H,5,8-9H2,1-4H3,(H,18,22). The third-order valence-electron chi connectivity index (χ3n) is 3.25. The van der Waals surface area contributed by atoms with Crippen LogP contribution in [0.15, 0.2) is 23.0 Å². The predicted octanol–water partition coefficient (Wildman–Crippen LogP) is 2.24. The summed E-state index contributed by atoms with van der Waals surface area (Å²) in [6.45, 7) is 7.56. The minimum Gasteiger partial charge on any atom is -0.466 e. The first-order valence-corrected chi connectivity index (χ1v) is 7.83. The summed E-state index contributed by atoms with van der Waals surface area (Å²) < 4.78 is 11.6. The molecule has 130 valence electrons. The number of hydrogen-bond donors (Lipinski definition) is 1. The van der Waals surface area contributed by atoms with E-state index >= 15 is 0 Å². The molecular formula is C17H22N2O5. The minimum atomic E-state index is -0.603. The number of nitrogens with zero attached hydrogens (tertiary/aromatic N) is 1. The zero-order valence-corrected chi connectivity index (χ0v) is 14.3. The van der Waals surface area contributed by atoms with E-state index in [0.29, 0.717) is 23.2 Å². The molecule has 1 aromatic carbocycles. The number of fused-ring (bicyclic) bond motifs is 1. The molecule has 2 aromatic rings. The van der Waals surface area contributed by atoms with Gasteiger partial charge in [0.05, 0.1) is 29.6 Å².